The molecule has 0 fully saturated rings. The monoisotopic (exact) mass is 219 g/mol. The van der Waals surface area contributed by atoms with E-state index in [-0.39, 0.29) is 12.4 Å². The second-order valence-electron chi connectivity index (χ2n) is 2.42. The van der Waals surface area contributed by atoms with Gasteiger partial charge in [0.25, 0.3) is 0 Å². The van der Waals surface area contributed by atoms with Crippen molar-refractivity contribution in [1.82, 2.24) is 0 Å². The number of aryl methyl sites for hydroxylation is 1. The fourth-order valence-electron chi connectivity index (χ4n) is 0.942. The van der Waals surface area contributed by atoms with E-state index in [2.05, 4.69) is 31.2 Å². The summed E-state index contributed by atoms with van der Waals surface area (Å²) < 4.78 is 0. The summed E-state index contributed by atoms with van der Waals surface area (Å²) in [5.41, 5.74) is 2.93. The van der Waals surface area contributed by atoms with Crippen LogP contribution in [0.2, 0.25) is 0 Å². The average molecular weight is 221 g/mol. The largest absolute Gasteiger partial charge is 0.147 e. The molecule has 0 N–H and O–H groups in total. The van der Waals surface area contributed by atoms with Crippen molar-refractivity contribution < 1.29 is 18.3 Å². The van der Waals surface area contributed by atoms with Crippen LogP contribution in [0.1, 0.15) is 18.1 Å². The number of rotatable bonds is 2. The first-order valence-electron chi connectivity index (χ1n) is 3.74. The SMILES string of the molecule is CCc1ccc([CH2][Zn])cc1.Cl. The van der Waals surface area contributed by atoms with Crippen LogP contribution in [0.5, 0.6) is 0 Å². The van der Waals surface area contributed by atoms with Crippen molar-refractivity contribution >= 4 is 12.4 Å². The summed E-state index contributed by atoms with van der Waals surface area (Å²) in [6.45, 7) is 2.19. The van der Waals surface area contributed by atoms with Crippen molar-refractivity contribution in [3.63, 3.8) is 0 Å². The van der Waals surface area contributed by atoms with Gasteiger partial charge in [0, 0.05) is 0 Å². The van der Waals surface area contributed by atoms with Gasteiger partial charge in [-0.05, 0) is 0 Å². The zero-order valence-corrected chi connectivity index (χ0v) is 10.6. The quantitative estimate of drug-likeness (QED) is 0.673. The molecule has 0 heterocycles. The van der Waals surface area contributed by atoms with E-state index in [4.69, 9.17) is 0 Å². The Labute approximate surface area is 84.5 Å². The van der Waals surface area contributed by atoms with Crippen LogP contribution < -0.4 is 0 Å². The molecule has 0 aromatic heterocycles. The molecular formula is C9H12ClZn. The molecule has 0 saturated carbocycles. The van der Waals surface area contributed by atoms with E-state index in [0.717, 1.165) is 6.42 Å². The van der Waals surface area contributed by atoms with E-state index in [9.17, 15) is 0 Å². The maximum atomic E-state index is 2.24. The maximum Gasteiger partial charge on any atom is -0.147 e. The topological polar surface area (TPSA) is 0 Å². The molecule has 2 heteroatoms. The summed E-state index contributed by atoms with van der Waals surface area (Å²) in [4.78, 5) is 0. The zero-order chi connectivity index (χ0) is 7.40. The van der Waals surface area contributed by atoms with Gasteiger partial charge in [0.05, 0.1) is 0 Å². The molecular weight excluding hydrogens is 209 g/mol. The fourth-order valence-corrected chi connectivity index (χ4v) is 1.64. The maximum absolute atomic E-state index is 2.24. The minimum absolute atomic E-state index is 0. The molecule has 11 heavy (non-hydrogen) atoms. The van der Waals surface area contributed by atoms with E-state index >= 15 is 0 Å². The third-order valence-electron chi connectivity index (χ3n) is 1.72. The van der Waals surface area contributed by atoms with Crippen molar-refractivity contribution in [1.29, 1.82) is 0 Å². The predicted molar refractivity (Wildman–Crippen MR) is 46.8 cm³/mol. The molecule has 0 nitrogen and oxygen atoms in total. The molecule has 0 aliphatic rings. The van der Waals surface area contributed by atoms with Gasteiger partial charge in [-0.15, -0.1) is 12.4 Å². The molecule has 1 aromatic carbocycles. The Morgan fingerprint density at radius 3 is 1.91 bits per heavy atom. The Morgan fingerprint density at radius 1 is 1.09 bits per heavy atom. The minimum Gasteiger partial charge on any atom is -0.147 e. The van der Waals surface area contributed by atoms with Crippen LogP contribution in [0, 0.1) is 0 Å². The van der Waals surface area contributed by atoms with Gasteiger partial charge in [-0.2, -0.15) is 0 Å². The molecule has 1 rings (SSSR count). The molecule has 0 aliphatic heterocycles. The molecule has 0 amide bonds. The van der Waals surface area contributed by atoms with Gasteiger partial charge in [-0.1, -0.05) is 0 Å². The Bertz CT molecular complexity index is 170. The van der Waals surface area contributed by atoms with Crippen LogP contribution in [0.3, 0.4) is 0 Å². The minimum atomic E-state index is 0. The molecule has 1 aromatic rings. The summed E-state index contributed by atoms with van der Waals surface area (Å²) in [6.07, 6.45) is 1.15. The van der Waals surface area contributed by atoms with Crippen molar-refractivity contribution in [3.8, 4) is 0 Å². The van der Waals surface area contributed by atoms with Gasteiger partial charge in [0.15, 0.2) is 0 Å². The normalized spacial score (nSPS) is 9.00. The van der Waals surface area contributed by atoms with E-state index in [1.165, 1.54) is 34.4 Å². The Kier molecular flexibility index (Phi) is 5.81. The molecule has 0 atom stereocenters. The molecule has 0 spiro atoms. The van der Waals surface area contributed by atoms with Gasteiger partial charge in [0.1, 0.15) is 0 Å². The summed E-state index contributed by atoms with van der Waals surface area (Å²) in [5.74, 6) is 0. The van der Waals surface area contributed by atoms with E-state index < -0.39 is 0 Å². The molecule has 0 aliphatic carbocycles. The van der Waals surface area contributed by atoms with Gasteiger partial charge in [-0.25, -0.2) is 0 Å². The first kappa shape index (κ1) is 11.1. The number of hydrogen-bond donors (Lipinski definition) is 0. The van der Waals surface area contributed by atoms with Gasteiger partial charge >= 0.3 is 72.1 Å². The van der Waals surface area contributed by atoms with Crippen LogP contribution in [0.4, 0.5) is 0 Å². The van der Waals surface area contributed by atoms with Gasteiger partial charge in [-0.3, -0.25) is 0 Å². The molecule has 0 radical (unpaired) electrons. The number of benzene rings is 1. The molecule has 0 saturated heterocycles. The Morgan fingerprint density at radius 2 is 1.55 bits per heavy atom. The molecule has 57 valence electrons. The second-order valence-corrected chi connectivity index (χ2v) is 3.47. The van der Waals surface area contributed by atoms with Gasteiger partial charge < -0.3 is 0 Å². The van der Waals surface area contributed by atoms with Crippen LogP contribution in [-0.2, 0) is 29.7 Å². The van der Waals surface area contributed by atoms with Crippen LogP contribution in [0.25, 0.3) is 0 Å². The third-order valence-corrected chi connectivity index (χ3v) is 2.93. The Balaban J connectivity index is 0.000001000. The summed E-state index contributed by atoms with van der Waals surface area (Å²) in [5, 5.41) is 1.27. The Hall–Kier alpha value is 0.133. The average Bonchev–Trinajstić information content (AvgIpc) is 2.05. The number of halogens is 1. The van der Waals surface area contributed by atoms with Crippen molar-refractivity contribution in [2.75, 3.05) is 0 Å². The van der Waals surface area contributed by atoms with Gasteiger partial charge in [0.2, 0.25) is 0 Å². The first-order valence-corrected chi connectivity index (χ1v) is 5.83. The van der Waals surface area contributed by atoms with Crippen LogP contribution in [-0.4, -0.2) is 0 Å². The third kappa shape index (κ3) is 3.36. The smallest absolute Gasteiger partial charge is 0.147 e. The molecule has 0 bridgehead atoms. The van der Waals surface area contributed by atoms with Crippen molar-refractivity contribution in [2.45, 2.75) is 18.4 Å². The van der Waals surface area contributed by atoms with E-state index in [1.807, 2.05) is 0 Å². The fraction of sp³-hybridized carbons (Fsp3) is 0.333. The van der Waals surface area contributed by atoms with E-state index in [0.29, 0.717) is 0 Å². The predicted octanol–water partition coefficient (Wildman–Crippen LogP) is 2.72. The number of hydrogen-bond acceptors (Lipinski definition) is 0. The second kappa shape index (κ2) is 5.74. The van der Waals surface area contributed by atoms with Crippen molar-refractivity contribution in [3.05, 3.63) is 35.4 Å². The summed E-state index contributed by atoms with van der Waals surface area (Å²) in [6, 6.07) is 8.93. The van der Waals surface area contributed by atoms with Crippen LogP contribution in [0.15, 0.2) is 24.3 Å². The first-order chi connectivity index (χ1) is 4.86. The standard InChI is InChI=1S/C9H11.ClH.Zn/c1-3-9-6-4-8(2)5-7-9;;/h4-7H,2-3H2,1H3;1H;. The zero-order valence-electron chi connectivity index (χ0n) is 6.84. The summed E-state index contributed by atoms with van der Waals surface area (Å²) >= 11 is 1.37. The molecule has 0 unspecified atom stereocenters. The van der Waals surface area contributed by atoms with Crippen molar-refractivity contribution in [2.24, 2.45) is 0 Å². The van der Waals surface area contributed by atoms with E-state index in [1.54, 1.807) is 0 Å². The summed E-state index contributed by atoms with van der Waals surface area (Å²) in [7, 11) is 0. The van der Waals surface area contributed by atoms with Crippen LogP contribution >= 0.6 is 12.4 Å².